The Kier molecular flexibility index (Phi) is 6.02. The molecule has 0 N–H and O–H groups in total. The van der Waals surface area contributed by atoms with E-state index in [1.807, 2.05) is 6.92 Å². The van der Waals surface area contributed by atoms with Crippen LogP contribution >= 0.6 is 24.0 Å². The van der Waals surface area contributed by atoms with Crippen LogP contribution in [0.4, 0.5) is 0 Å². The Balaban J connectivity index is 1.83. The van der Waals surface area contributed by atoms with E-state index in [1.165, 1.54) is 28.8 Å². The maximum atomic E-state index is 12.4. The van der Waals surface area contributed by atoms with Gasteiger partial charge in [-0.3, -0.25) is 9.69 Å². The van der Waals surface area contributed by atoms with E-state index in [0.29, 0.717) is 21.3 Å². The third kappa shape index (κ3) is 4.52. The Labute approximate surface area is 173 Å². The molecule has 0 unspecified atom stereocenters. The minimum absolute atomic E-state index is 0.0776. The molecule has 2 aromatic rings. The smallest absolute Gasteiger partial charge is 0.339 e. The highest BCUT2D eigenvalue weighted by molar-refractivity contribution is 8.26. The summed E-state index contributed by atoms with van der Waals surface area (Å²) < 4.78 is 30.6. The van der Waals surface area contributed by atoms with Gasteiger partial charge in [0, 0.05) is 6.54 Å². The van der Waals surface area contributed by atoms with E-state index in [2.05, 4.69) is 6.58 Å². The fourth-order valence-corrected chi connectivity index (χ4v) is 4.67. The number of nitrogens with zero attached hydrogens (tertiary/aromatic N) is 1. The summed E-state index contributed by atoms with van der Waals surface area (Å²) >= 11 is 6.41. The molecule has 28 heavy (non-hydrogen) atoms. The number of thiocarbonyl (C=S) groups is 1. The van der Waals surface area contributed by atoms with Crippen LogP contribution in [0.1, 0.15) is 11.1 Å². The van der Waals surface area contributed by atoms with Gasteiger partial charge in [0.1, 0.15) is 15.0 Å². The number of carbonyl (C=O) groups excluding carboxylic acids is 1. The molecule has 1 amide bonds. The van der Waals surface area contributed by atoms with Crippen molar-refractivity contribution in [2.45, 2.75) is 11.8 Å². The third-order valence-corrected chi connectivity index (χ3v) is 6.50. The van der Waals surface area contributed by atoms with E-state index in [1.54, 1.807) is 48.6 Å². The van der Waals surface area contributed by atoms with E-state index in [-0.39, 0.29) is 16.6 Å². The first-order valence-electron chi connectivity index (χ1n) is 8.27. The van der Waals surface area contributed by atoms with Crippen LogP contribution in [0, 0.1) is 6.92 Å². The van der Waals surface area contributed by atoms with E-state index in [9.17, 15) is 13.2 Å². The summed E-state index contributed by atoms with van der Waals surface area (Å²) in [5.74, 6) is -0.0376. The maximum absolute atomic E-state index is 12.4. The molecule has 2 aromatic carbocycles. The fraction of sp³-hybridized carbons (Fsp3) is 0.100. The molecule has 0 atom stereocenters. The number of hydrogen-bond donors (Lipinski definition) is 0. The number of hydrogen-bond acceptors (Lipinski definition) is 6. The van der Waals surface area contributed by atoms with Crippen molar-refractivity contribution in [3.8, 4) is 5.75 Å². The monoisotopic (exact) mass is 431 g/mol. The van der Waals surface area contributed by atoms with E-state index >= 15 is 0 Å². The van der Waals surface area contributed by atoms with Crippen LogP contribution in [0.5, 0.6) is 5.75 Å². The van der Waals surface area contributed by atoms with Crippen LogP contribution < -0.4 is 4.18 Å². The summed E-state index contributed by atoms with van der Waals surface area (Å²) in [7, 11) is -3.94. The fourth-order valence-electron chi connectivity index (χ4n) is 2.47. The lowest BCUT2D eigenvalue weighted by atomic mass is 10.2. The molecular weight excluding hydrogens is 414 g/mol. The van der Waals surface area contributed by atoms with Crippen molar-refractivity contribution >= 4 is 50.4 Å². The lowest BCUT2D eigenvalue weighted by Gasteiger charge is -2.10. The molecule has 144 valence electrons. The summed E-state index contributed by atoms with van der Waals surface area (Å²) in [6, 6.07) is 12.9. The van der Waals surface area contributed by atoms with Gasteiger partial charge in [0.05, 0.1) is 4.91 Å². The second-order valence-corrected chi connectivity index (χ2v) is 9.23. The number of thioether (sulfide) groups is 1. The van der Waals surface area contributed by atoms with Crippen molar-refractivity contribution in [1.82, 2.24) is 4.90 Å². The average Bonchev–Trinajstić information content (AvgIpc) is 2.90. The van der Waals surface area contributed by atoms with Gasteiger partial charge in [-0.15, -0.1) is 6.58 Å². The molecule has 5 nitrogen and oxygen atoms in total. The molecule has 0 aliphatic carbocycles. The Bertz CT molecular complexity index is 1070. The van der Waals surface area contributed by atoms with Crippen LogP contribution in [-0.4, -0.2) is 30.1 Å². The Hall–Kier alpha value is -2.42. The number of benzene rings is 2. The van der Waals surface area contributed by atoms with Crippen LogP contribution in [0.3, 0.4) is 0 Å². The molecular formula is C20H17NO4S3. The quantitative estimate of drug-likeness (QED) is 0.296. The maximum Gasteiger partial charge on any atom is 0.339 e. The molecule has 0 bridgehead atoms. The lowest BCUT2D eigenvalue weighted by molar-refractivity contribution is -0.121. The minimum Gasteiger partial charge on any atom is -0.379 e. The van der Waals surface area contributed by atoms with Crippen LogP contribution in [0.2, 0.25) is 0 Å². The Morgan fingerprint density at radius 1 is 1.21 bits per heavy atom. The Morgan fingerprint density at radius 3 is 2.61 bits per heavy atom. The highest BCUT2D eigenvalue weighted by Crippen LogP contribution is 2.33. The standard InChI is InChI=1S/C20H17NO4S3/c1-3-11-21-19(22)18(27-20(21)26)13-15-5-4-6-16(12-15)25-28(23,24)17-9-7-14(2)8-10-17/h3-10,12-13H,1,11H2,2H3. The second kappa shape index (κ2) is 8.30. The van der Waals surface area contributed by atoms with E-state index < -0.39 is 10.1 Å². The first-order chi connectivity index (χ1) is 13.3. The molecule has 3 rings (SSSR count). The molecule has 0 spiro atoms. The van der Waals surface area contributed by atoms with Crippen molar-refractivity contribution in [1.29, 1.82) is 0 Å². The van der Waals surface area contributed by atoms with Gasteiger partial charge in [0.15, 0.2) is 0 Å². The van der Waals surface area contributed by atoms with Gasteiger partial charge in [-0.2, -0.15) is 8.42 Å². The van der Waals surface area contributed by atoms with Crippen LogP contribution in [0.25, 0.3) is 6.08 Å². The lowest BCUT2D eigenvalue weighted by Crippen LogP contribution is -2.27. The largest absolute Gasteiger partial charge is 0.379 e. The van der Waals surface area contributed by atoms with E-state index in [4.69, 9.17) is 16.4 Å². The zero-order chi connectivity index (χ0) is 20.3. The van der Waals surface area contributed by atoms with Gasteiger partial charge in [0.2, 0.25) is 0 Å². The highest BCUT2D eigenvalue weighted by Gasteiger charge is 2.31. The van der Waals surface area contributed by atoms with Gasteiger partial charge >= 0.3 is 10.1 Å². The predicted molar refractivity (Wildman–Crippen MR) is 116 cm³/mol. The SMILES string of the molecule is C=CCN1C(=O)C(=Cc2cccc(OS(=O)(=O)c3ccc(C)cc3)c2)SC1=S. The van der Waals surface area contributed by atoms with Gasteiger partial charge in [-0.05, 0) is 42.8 Å². The summed E-state index contributed by atoms with van der Waals surface area (Å²) in [4.78, 5) is 14.4. The first-order valence-corrected chi connectivity index (χ1v) is 10.9. The summed E-state index contributed by atoms with van der Waals surface area (Å²) in [6.45, 7) is 5.84. The topological polar surface area (TPSA) is 63.7 Å². The molecule has 1 aliphatic heterocycles. The van der Waals surface area contributed by atoms with Gasteiger partial charge in [0.25, 0.3) is 5.91 Å². The van der Waals surface area contributed by atoms with E-state index in [0.717, 1.165) is 5.56 Å². The second-order valence-electron chi connectivity index (χ2n) is 6.00. The molecule has 1 saturated heterocycles. The van der Waals surface area contributed by atoms with Gasteiger partial charge in [-0.25, -0.2) is 0 Å². The van der Waals surface area contributed by atoms with Gasteiger partial charge in [-0.1, -0.05) is 59.9 Å². The summed E-state index contributed by atoms with van der Waals surface area (Å²) in [5, 5.41) is 0. The molecule has 0 radical (unpaired) electrons. The average molecular weight is 432 g/mol. The zero-order valence-corrected chi connectivity index (χ0v) is 17.4. The van der Waals surface area contributed by atoms with Crippen molar-refractivity contribution in [3.63, 3.8) is 0 Å². The first kappa shape index (κ1) is 20.3. The molecule has 0 saturated carbocycles. The highest BCUT2D eigenvalue weighted by atomic mass is 32.2. The summed E-state index contributed by atoms with van der Waals surface area (Å²) in [5.41, 5.74) is 1.59. The van der Waals surface area contributed by atoms with Gasteiger partial charge < -0.3 is 4.18 Å². The molecule has 0 aromatic heterocycles. The van der Waals surface area contributed by atoms with Crippen molar-refractivity contribution < 1.29 is 17.4 Å². The number of amides is 1. The van der Waals surface area contributed by atoms with Crippen LogP contribution in [0.15, 0.2) is 71.0 Å². The number of carbonyl (C=O) groups is 1. The van der Waals surface area contributed by atoms with Crippen molar-refractivity contribution in [2.24, 2.45) is 0 Å². The number of aryl methyl sites for hydroxylation is 1. The third-order valence-electron chi connectivity index (χ3n) is 3.86. The van der Waals surface area contributed by atoms with Crippen LogP contribution in [-0.2, 0) is 14.9 Å². The molecule has 8 heteroatoms. The molecule has 1 aliphatic rings. The zero-order valence-electron chi connectivity index (χ0n) is 15.0. The molecule has 1 heterocycles. The normalized spacial score (nSPS) is 15.9. The minimum atomic E-state index is -3.94. The summed E-state index contributed by atoms with van der Waals surface area (Å²) in [6.07, 6.45) is 3.27. The molecule has 1 fully saturated rings. The Morgan fingerprint density at radius 2 is 1.93 bits per heavy atom. The van der Waals surface area contributed by atoms with Crippen molar-refractivity contribution in [3.05, 3.63) is 77.2 Å². The van der Waals surface area contributed by atoms with Crippen molar-refractivity contribution in [2.75, 3.05) is 6.54 Å². The number of rotatable bonds is 6. The predicted octanol–water partition coefficient (Wildman–Crippen LogP) is 4.15.